The number of nitrogens with one attached hydrogen (secondary N) is 1. The first-order valence-electron chi connectivity index (χ1n) is 10.9. The molecule has 1 fully saturated rings. The van der Waals surface area contributed by atoms with Crippen molar-refractivity contribution in [2.24, 2.45) is 5.92 Å². The van der Waals surface area contributed by atoms with Crippen LogP contribution in [0.25, 0.3) is 10.9 Å². The Morgan fingerprint density at radius 1 is 1.24 bits per heavy atom. The molecular formula is C25H27F3N2O3. The van der Waals surface area contributed by atoms with E-state index in [-0.39, 0.29) is 23.9 Å². The number of nitrogens with zero attached hydrogens (tertiary/aromatic N) is 1. The Labute approximate surface area is 190 Å². The number of fused-ring (bicyclic) bond motifs is 1. The van der Waals surface area contributed by atoms with Crippen LogP contribution in [0.15, 0.2) is 42.6 Å². The first kappa shape index (κ1) is 23.2. The monoisotopic (exact) mass is 460 g/mol. The fourth-order valence-electron chi connectivity index (χ4n) is 5.05. The number of aromatic carboxylic acids is 1. The summed E-state index contributed by atoms with van der Waals surface area (Å²) in [4.78, 5) is 16.0. The maximum atomic E-state index is 13.1. The number of aromatic nitrogens is 1. The van der Waals surface area contributed by atoms with Crippen molar-refractivity contribution in [3.63, 3.8) is 0 Å². The van der Waals surface area contributed by atoms with E-state index < -0.39 is 18.7 Å². The van der Waals surface area contributed by atoms with Gasteiger partial charge >= 0.3 is 12.1 Å². The molecule has 0 spiro atoms. The van der Waals surface area contributed by atoms with Crippen LogP contribution < -0.4 is 4.74 Å². The number of hydrogen-bond donors (Lipinski definition) is 2. The molecule has 0 amide bonds. The zero-order chi connectivity index (χ0) is 23.8. The van der Waals surface area contributed by atoms with Gasteiger partial charge < -0.3 is 14.8 Å². The highest BCUT2D eigenvalue weighted by Gasteiger charge is 2.37. The molecule has 1 aliphatic heterocycles. The summed E-state index contributed by atoms with van der Waals surface area (Å²) in [5, 5.41) is 10.3. The summed E-state index contributed by atoms with van der Waals surface area (Å²) in [5.74, 6) is -0.333. The summed E-state index contributed by atoms with van der Waals surface area (Å²) in [6, 6.07) is 10.5. The molecule has 2 N–H and O–H groups in total. The maximum absolute atomic E-state index is 13.1. The Hall–Kier alpha value is -3.00. The number of rotatable bonds is 6. The van der Waals surface area contributed by atoms with E-state index in [2.05, 4.69) is 4.98 Å². The topological polar surface area (TPSA) is 65.6 Å². The van der Waals surface area contributed by atoms with Gasteiger partial charge in [-0.25, -0.2) is 4.79 Å². The number of benzene rings is 2. The Bertz CT molecular complexity index is 1140. The average Bonchev–Trinajstić information content (AvgIpc) is 3.26. The molecule has 2 heterocycles. The zero-order valence-corrected chi connectivity index (χ0v) is 18.6. The molecule has 1 aromatic heterocycles. The number of halogens is 3. The van der Waals surface area contributed by atoms with Crippen LogP contribution in [-0.2, 0) is 6.42 Å². The van der Waals surface area contributed by atoms with E-state index in [1.165, 1.54) is 17.0 Å². The molecule has 1 saturated heterocycles. The predicted molar refractivity (Wildman–Crippen MR) is 120 cm³/mol. The minimum absolute atomic E-state index is 0.0832. The standard InChI is InChI=1S/C25H27F3N2O3/c1-15-11-22(33-2)20(19-7-9-29-23(15)19)12-18-8-10-30(14-25(26,27)28)13-21(18)16-3-5-17(6-4-16)24(31)32/h3-7,9,11,18,21,29H,8,10,12-14H2,1-2H3,(H,31,32)/t18-,21-/m1/s1. The first-order chi connectivity index (χ1) is 15.7. The van der Waals surface area contributed by atoms with Crippen molar-refractivity contribution in [3.05, 3.63) is 64.8 Å². The molecular weight excluding hydrogens is 433 g/mol. The smallest absolute Gasteiger partial charge is 0.401 e. The molecule has 2 aromatic carbocycles. The Kier molecular flexibility index (Phi) is 6.38. The van der Waals surface area contributed by atoms with Crippen molar-refractivity contribution in [1.82, 2.24) is 9.88 Å². The second-order valence-electron chi connectivity index (χ2n) is 8.78. The Morgan fingerprint density at radius 3 is 2.61 bits per heavy atom. The SMILES string of the molecule is COc1cc(C)c2[nH]ccc2c1C[C@H]1CCN(CC(F)(F)F)C[C@@H]1c1ccc(C(=O)O)cc1. The lowest BCUT2D eigenvalue weighted by Crippen LogP contribution is -2.44. The van der Waals surface area contributed by atoms with Crippen LogP contribution in [-0.4, -0.2) is 53.9 Å². The molecule has 5 nitrogen and oxygen atoms in total. The van der Waals surface area contributed by atoms with Crippen molar-refractivity contribution in [3.8, 4) is 5.75 Å². The van der Waals surface area contributed by atoms with Crippen molar-refractivity contribution < 1.29 is 27.8 Å². The molecule has 3 aromatic rings. The summed E-state index contributed by atoms with van der Waals surface area (Å²) < 4.78 is 45.0. The van der Waals surface area contributed by atoms with Crippen molar-refractivity contribution >= 4 is 16.9 Å². The van der Waals surface area contributed by atoms with Gasteiger partial charge in [0.2, 0.25) is 0 Å². The van der Waals surface area contributed by atoms with Crippen LogP contribution in [0.5, 0.6) is 5.75 Å². The molecule has 0 aliphatic carbocycles. The Morgan fingerprint density at radius 2 is 1.97 bits per heavy atom. The number of ether oxygens (including phenoxy) is 1. The van der Waals surface area contributed by atoms with Gasteiger partial charge in [0.1, 0.15) is 5.75 Å². The van der Waals surface area contributed by atoms with Gasteiger partial charge in [0.15, 0.2) is 0 Å². The number of aryl methyl sites for hydroxylation is 1. The van der Waals surface area contributed by atoms with Crippen LogP contribution >= 0.6 is 0 Å². The second-order valence-corrected chi connectivity index (χ2v) is 8.78. The van der Waals surface area contributed by atoms with Crippen molar-refractivity contribution in [2.45, 2.75) is 31.9 Å². The lowest BCUT2D eigenvalue weighted by atomic mass is 9.76. The predicted octanol–water partition coefficient (Wildman–Crippen LogP) is 5.39. The Balaban J connectivity index is 1.68. The quantitative estimate of drug-likeness (QED) is 0.518. The van der Waals surface area contributed by atoms with Gasteiger partial charge in [0, 0.05) is 29.2 Å². The second kappa shape index (κ2) is 9.09. The van der Waals surface area contributed by atoms with E-state index >= 15 is 0 Å². The van der Waals surface area contributed by atoms with Gasteiger partial charge in [0.25, 0.3) is 0 Å². The summed E-state index contributed by atoms with van der Waals surface area (Å²) >= 11 is 0. The van der Waals surface area contributed by atoms with E-state index in [0.29, 0.717) is 19.4 Å². The minimum atomic E-state index is -4.26. The van der Waals surface area contributed by atoms with Crippen LogP contribution in [0.4, 0.5) is 13.2 Å². The van der Waals surface area contributed by atoms with E-state index in [0.717, 1.165) is 33.3 Å². The van der Waals surface area contributed by atoms with E-state index in [1.807, 2.05) is 25.3 Å². The van der Waals surface area contributed by atoms with Gasteiger partial charge in [-0.05, 0) is 73.5 Å². The van der Waals surface area contributed by atoms with Gasteiger partial charge in [0.05, 0.1) is 19.2 Å². The highest BCUT2D eigenvalue weighted by Crippen LogP contribution is 2.40. The summed E-state index contributed by atoms with van der Waals surface area (Å²) in [5.41, 5.74) is 4.15. The average molecular weight is 460 g/mol. The summed E-state index contributed by atoms with van der Waals surface area (Å²) in [6.45, 7) is 1.69. The molecule has 0 saturated carbocycles. The number of aromatic amines is 1. The number of carboxylic acids is 1. The van der Waals surface area contributed by atoms with Crippen LogP contribution in [0.1, 0.15) is 39.4 Å². The van der Waals surface area contributed by atoms with Gasteiger partial charge in [-0.1, -0.05) is 12.1 Å². The molecule has 2 atom stereocenters. The molecule has 176 valence electrons. The number of alkyl halides is 3. The zero-order valence-electron chi connectivity index (χ0n) is 18.6. The molecule has 0 unspecified atom stereocenters. The van der Waals surface area contributed by atoms with Gasteiger partial charge in [-0.15, -0.1) is 0 Å². The molecule has 1 aliphatic rings. The number of piperidine rings is 1. The number of carbonyl (C=O) groups is 1. The summed E-state index contributed by atoms with van der Waals surface area (Å²) in [6.07, 6.45) is -1.12. The van der Waals surface area contributed by atoms with Crippen LogP contribution in [0.2, 0.25) is 0 Å². The number of likely N-dealkylation sites (tertiary alicyclic amines) is 1. The van der Waals surface area contributed by atoms with Crippen molar-refractivity contribution in [2.75, 3.05) is 26.7 Å². The molecule has 0 radical (unpaired) electrons. The molecule has 4 rings (SSSR count). The number of hydrogen-bond acceptors (Lipinski definition) is 3. The lowest BCUT2D eigenvalue weighted by Gasteiger charge is -2.39. The molecule has 8 heteroatoms. The third-order valence-corrected chi connectivity index (χ3v) is 6.63. The fraction of sp³-hybridized carbons (Fsp3) is 0.400. The highest BCUT2D eigenvalue weighted by atomic mass is 19.4. The van der Waals surface area contributed by atoms with Crippen LogP contribution in [0, 0.1) is 12.8 Å². The minimum Gasteiger partial charge on any atom is -0.496 e. The third kappa shape index (κ3) is 5.00. The van der Waals surface area contributed by atoms with E-state index in [4.69, 9.17) is 4.74 Å². The van der Waals surface area contributed by atoms with Crippen LogP contribution in [0.3, 0.4) is 0 Å². The largest absolute Gasteiger partial charge is 0.496 e. The highest BCUT2D eigenvalue weighted by molar-refractivity contribution is 5.88. The van der Waals surface area contributed by atoms with E-state index in [9.17, 15) is 23.1 Å². The molecule has 0 bridgehead atoms. The van der Waals surface area contributed by atoms with Crippen molar-refractivity contribution in [1.29, 1.82) is 0 Å². The normalized spacial score (nSPS) is 19.7. The van der Waals surface area contributed by atoms with Gasteiger partial charge in [-0.3, -0.25) is 4.90 Å². The maximum Gasteiger partial charge on any atom is 0.401 e. The fourth-order valence-corrected chi connectivity index (χ4v) is 5.05. The lowest BCUT2D eigenvalue weighted by molar-refractivity contribution is -0.149. The number of carboxylic acid groups (broad SMARTS) is 1. The molecule has 33 heavy (non-hydrogen) atoms. The van der Waals surface area contributed by atoms with Gasteiger partial charge in [-0.2, -0.15) is 13.2 Å². The first-order valence-corrected chi connectivity index (χ1v) is 10.9. The summed E-state index contributed by atoms with van der Waals surface area (Å²) in [7, 11) is 1.63. The number of H-pyrrole nitrogens is 1. The van der Waals surface area contributed by atoms with E-state index in [1.54, 1.807) is 19.2 Å². The third-order valence-electron chi connectivity index (χ3n) is 6.63. The number of methoxy groups -OCH3 is 1.